The second kappa shape index (κ2) is 5.48. The van der Waals surface area contributed by atoms with E-state index in [2.05, 4.69) is 28.8 Å². The zero-order valence-electron chi connectivity index (χ0n) is 9.93. The normalized spacial score (nSPS) is 12.4. The van der Waals surface area contributed by atoms with Crippen LogP contribution in [0.1, 0.15) is 37.7 Å². The first-order valence-corrected chi connectivity index (χ1v) is 5.47. The first kappa shape index (κ1) is 12.5. The van der Waals surface area contributed by atoms with Gasteiger partial charge in [-0.15, -0.1) is 0 Å². The van der Waals surface area contributed by atoms with Gasteiger partial charge in [0.25, 0.3) is 5.91 Å². The Morgan fingerprint density at radius 1 is 1.50 bits per heavy atom. The van der Waals surface area contributed by atoms with Crippen molar-refractivity contribution in [3.05, 3.63) is 5.69 Å². The van der Waals surface area contributed by atoms with Crippen LogP contribution in [0.15, 0.2) is 4.63 Å². The molecular formula is C10H18N4O2. The van der Waals surface area contributed by atoms with Gasteiger partial charge in [0.15, 0.2) is 0 Å². The van der Waals surface area contributed by atoms with Crippen LogP contribution in [0.5, 0.6) is 0 Å². The highest BCUT2D eigenvalue weighted by atomic mass is 16.6. The van der Waals surface area contributed by atoms with E-state index in [-0.39, 0.29) is 17.4 Å². The van der Waals surface area contributed by atoms with E-state index in [1.165, 1.54) is 0 Å². The lowest BCUT2D eigenvalue weighted by atomic mass is 10.1. The lowest BCUT2D eigenvalue weighted by molar-refractivity contribution is 0.0730. The van der Waals surface area contributed by atoms with Gasteiger partial charge in [0.1, 0.15) is 0 Å². The molecule has 90 valence electrons. The third-order valence-corrected chi connectivity index (χ3v) is 2.61. The summed E-state index contributed by atoms with van der Waals surface area (Å²) in [5.41, 5.74) is 5.58. The Hall–Kier alpha value is -1.59. The van der Waals surface area contributed by atoms with E-state index in [9.17, 15) is 4.79 Å². The fourth-order valence-corrected chi connectivity index (χ4v) is 1.35. The van der Waals surface area contributed by atoms with Crippen LogP contribution < -0.4 is 5.73 Å². The molecule has 6 nitrogen and oxygen atoms in total. The number of carbonyl (C=O) groups excluding carboxylic acids is 1. The molecule has 0 bridgehead atoms. The number of nitrogens with two attached hydrogens (primary N) is 1. The van der Waals surface area contributed by atoms with Crippen molar-refractivity contribution < 1.29 is 9.42 Å². The third kappa shape index (κ3) is 2.71. The molecule has 0 saturated heterocycles. The van der Waals surface area contributed by atoms with Crippen molar-refractivity contribution in [1.82, 2.24) is 15.2 Å². The van der Waals surface area contributed by atoms with Gasteiger partial charge in [-0.2, -0.15) is 0 Å². The Bertz CT molecular complexity index is 350. The summed E-state index contributed by atoms with van der Waals surface area (Å²) in [6, 6.07) is 0. The number of nitrogen functional groups attached to an aromatic ring is 1. The molecule has 0 aliphatic heterocycles. The van der Waals surface area contributed by atoms with Crippen LogP contribution in [0.25, 0.3) is 0 Å². The molecular weight excluding hydrogens is 208 g/mol. The van der Waals surface area contributed by atoms with Crippen molar-refractivity contribution in [2.45, 2.75) is 27.2 Å². The van der Waals surface area contributed by atoms with Crippen molar-refractivity contribution in [1.29, 1.82) is 0 Å². The van der Waals surface area contributed by atoms with Crippen molar-refractivity contribution in [3.63, 3.8) is 0 Å². The van der Waals surface area contributed by atoms with E-state index in [0.717, 1.165) is 6.42 Å². The lowest BCUT2D eigenvalue weighted by Crippen LogP contribution is -2.35. The zero-order chi connectivity index (χ0) is 12.1. The molecule has 0 aromatic carbocycles. The molecule has 1 aromatic rings. The van der Waals surface area contributed by atoms with E-state index in [0.29, 0.717) is 19.0 Å². The fraction of sp³-hybridized carbons (Fsp3) is 0.700. The predicted molar refractivity (Wildman–Crippen MR) is 59.7 cm³/mol. The van der Waals surface area contributed by atoms with Gasteiger partial charge in [-0.05, 0) is 23.2 Å². The summed E-state index contributed by atoms with van der Waals surface area (Å²) >= 11 is 0. The van der Waals surface area contributed by atoms with Crippen LogP contribution in [0, 0.1) is 5.92 Å². The molecule has 1 heterocycles. The Morgan fingerprint density at radius 2 is 2.19 bits per heavy atom. The van der Waals surface area contributed by atoms with Crippen LogP contribution in [0.4, 0.5) is 5.82 Å². The summed E-state index contributed by atoms with van der Waals surface area (Å²) in [7, 11) is 0. The summed E-state index contributed by atoms with van der Waals surface area (Å²) in [6.45, 7) is 7.42. The number of aromatic nitrogens is 2. The number of rotatable bonds is 5. The number of hydrogen-bond donors (Lipinski definition) is 1. The minimum atomic E-state index is -0.221. The SMILES string of the molecule is CCC(C)CN(CC)C(=O)c1nonc1N. The number of carbonyl (C=O) groups is 1. The number of amides is 1. The highest BCUT2D eigenvalue weighted by Crippen LogP contribution is 2.11. The van der Waals surface area contributed by atoms with Gasteiger partial charge < -0.3 is 10.6 Å². The minimum Gasteiger partial charge on any atom is -0.379 e. The standard InChI is InChI=1S/C10H18N4O2/c1-4-7(3)6-14(5-2)10(15)8-9(11)13-16-12-8/h7H,4-6H2,1-3H3,(H2,11,13). The van der Waals surface area contributed by atoms with Gasteiger partial charge in [-0.1, -0.05) is 20.3 Å². The van der Waals surface area contributed by atoms with E-state index < -0.39 is 0 Å². The predicted octanol–water partition coefficient (Wildman–Crippen LogP) is 1.16. The summed E-state index contributed by atoms with van der Waals surface area (Å²) in [4.78, 5) is 13.7. The fourth-order valence-electron chi connectivity index (χ4n) is 1.35. The average Bonchev–Trinajstić information content (AvgIpc) is 2.71. The zero-order valence-corrected chi connectivity index (χ0v) is 9.93. The van der Waals surface area contributed by atoms with Crippen molar-refractivity contribution >= 4 is 11.7 Å². The molecule has 1 unspecified atom stereocenters. The van der Waals surface area contributed by atoms with Gasteiger partial charge in [0.05, 0.1) is 0 Å². The summed E-state index contributed by atoms with van der Waals surface area (Å²) in [5.74, 6) is 0.277. The smallest absolute Gasteiger partial charge is 0.280 e. The first-order valence-electron chi connectivity index (χ1n) is 5.47. The van der Waals surface area contributed by atoms with E-state index >= 15 is 0 Å². The minimum absolute atomic E-state index is 0.0487. The van der Waals surface area contributed by atoms with Gasteiger partial charge in [-0.3, -0.25) is 4.79 Å². The molecule has 0 saturated carbocycles. The monoisotopic (exact) mass is 226 g/mol. The molecule has 0 fully saturated rings. The Balaban J connectivity index is 2.74. The molecule has 2 N–H and O–H groups in total. The molecule has 0 spiro atoms. The van der Waals surface area contributed by atoms with Gasteiger partial charge >= 0.3 is 0 Å². The number of nitrogens with zero attached hydrogens (tertiary/aromatic N) is 3. The van der Waals surface area contributed by atoms with Crippen LogP contribution in [0.3, 0.4) is 0 Å². The number of anilines is 1. The van der Waals surface area contributed by atoms with Gasteiger partial charge in [0, 0.05) is 13.1 Å². The van der Waals surface area contributed by atoms with Crippen molar-refractivity contribution in [2.24, 2.45) is 5.92 Å². The maximum absolute atomic E-state index is 12.0. The Kier molecular flexibility index (Phi) is 4.28. The summed E-state index contributed by atoms with van der Waals surface area (Å²) < 4.78 is 4.42. The maximum atomic E-state index is 12.0. The van der Waals surface area contributed by atoms with E-state index in [4.69, 9.17) is 5.73 Å². The molecule has 1 atom stereocenters. The quantitative estimate of drug-likeness (QED) is 0.814. The largest absolute Gasteiger partial charge is 0.379 e. The molecule has 0 aliphatic carbocycles. The van der Waals surface area contributed by atoms with Crippen LogP contribution in [-0.4, -0.2) is 34.2 Å². The molecule has 0 radical (unpaired) electrons. The molecule has 6 heteroatoms. The van der Waals surface area contributed by atoms with E-state index in [1.54, 1.807) is 4.90 Å². The van der Waals surface area contributed by atoms with Crippen LogP contribution in [0.2, 0.25) is 0 Å². The maximum Gasteiger partial charge on any atom is 0.280 e. The van der Waals surface area contributed by atoms with Crippen molar-refractivity contribution in [3.8, 4) is 0 Å². The van der Waals surface area contributed by atoms with Gasteiger partial charge in [-0.25, -0.2) is 4.63 Å². The van der Waals surface area contributed by atoms with Crippen molar-refractivity contribution in [2.75, 3.05) is 18.8 Å². The number of hydrogen-bond acceptors (Lipinski definition) is 5. The lowest BCUT2D eigenvalue weighted by Gasteiger charge is -2.22. The Morgan fingerprint density at radius 3 is 2.62 bits per heavy atom. The van der Waals surface area contributed by atoms with Crippen LogP contribution in [-0.2, 0) is 0 Å². The highest BCUT2D eigenvalue weighted by Gasteiger charge is 2.22. The molecule has 1 rings (SSSR count). The molecule has 0 aliphatic rings. The van der Waals surface area contributed by atoms with E-state index in [1.807, 2.05) is 6.92 Å². The topological polar surface area (TPSA) is 85.2 Å². The average molecular weight is 226 g/mol. The first-order chi connectivity index (χ1) is 7.60. The molecule has 1 aromatic heterocycles. The summed E-state index contributed by atoms with van der Waals surface area (Å²) in [6.07, 6.45) is 1.02. The Labute approximate surface area is 94.7 Å². The van der Waals surface area contributed by atoms with Crippen LogP contribution >= 0.6 is 0 Å². The highest BCUT2D eigenvalue weighted by molar-refractivity contribution is 5.96. The second-order valence-corrected chi connectivity index (χ2v) is 3.86. The molecule has 1 amide bonds. The van der Waals surface area contributed by atoms with Gasteiger partial charge in [0.2, 0.25) is 11.5 Å². The molecule has 16 heavy (non-hydrogen) atoms. The summed E-state index contributed by atoms with van der Waals surface area (Å²) in [5, 5.41) is 6.91. The third-order valence-electron chi connectivity index (χ3n) is 2.61. The second-order valence-electron chi connectivity index (χ2n) is 3.86.